The van der Waals surface area contributed by atoms with Crippen molar-refractivity contribution in [3.8, 4) is 0 Å². The molecule has 1 atom stereocenters. The number of carbonyl (C=O) groups excluding carboxylic acids is 1. The lowest BCUT2D eigenvalue weighted by atomic mass is 10.1. The lowest BCUT2D eigenvalue weighted by molar-refractivity contribution is -0.129. The van der Waals surface area contributed by atoms with Crippen molar-refractivity contribution in [3.63, 3.8) is 0 Å². The summed E-state index contributed by atoms with van der Waals surface area (Å²) in [7, 11) is 0. The second-order valence-electron chi connectivity index (χ2n) is 6.25. The van der Waals surface area contributed by atoms with Crippen LogP contribution in [-0.4, -0.2) is 59.6 Å². The first-order valence-corrected chi connectivity index (χ1v) is 7.83. The van der Waals surface area contributed by atoms with E-state index in [1.165, 1.54) is 11.1 Å². The van der Waals surface area contributed by atoms with Crippen LogP contribution in [0.5, 0.6) is 0 Å². The fourth-order valence-corrected chi connectivity index (χ4v) is 2.48. The van der Waals surface area contributed by atoms with Crippen LogP contribution in [0.2, 0.25) is 0 Å². The number of nitrogens with zero attached hydrogens (tertiary/aromatic N) is 2. The van der Waals surface area contributed by atoms with Crippen LogP contribution in [-0.2, 0) is 4.79 Å². The van der Waals surface area contributed by atoms with Crippen molar-refractivity contribution in [2.75, 3.05) is 32.7 Å². The Bertz CT molecular complexity index is 398. The maximum absolute atomic E-state index is 11.4. The average molecular weight is 294 g/mol. The molecular weight excluding hydrogens is 264 g/mol. The Labute approximate surface area is 129 Å². The Kier molecular flexibility index (Phi) is 7.68. The van der Waals surface area contributed by atoms with Crippen molar-refractivity contribution < 1.29 is 9.90 Å². The summed E-state index contributed by atoms with van der Waals surface area (Å²) in [5.41, 5.74) is 2.75. The van der Waals surface area contributed by atoms with Gasteiger partial charge in [0.1, 0.15) is 0 Å². The van der Waals surface area contributed by atoms with Crippen LogP contribution in [0.25, 0.3) is 0 Å². The van der Waals surface area contributed by atoms with Gasteiger partial charge in [-0.05, 0) is 33.6 Å². The summed E-state index contributed by atoms with van der Waals surface area (Å²) in [6.07, 6.45) is 6.23. The molecule has 1 N–H and O–H groups in total. The fourth-order valence-electron chi connectivity index (χ4n) is 2.48. The van der Waals surface area contributed by atoms with Crippen LogP contribution in [0, 0.1) is 0 Å². The molecule has 1 aliphatic rings. The summed E-state index contributed by atoms with van der Waals surface area (Å²) in [6.45, 7) is 11.5. The van der Waals surface area contributed by atoms with E-state index >= 15 is 0 Å². The predicted molar refractivity (Wildman–Crippen MR) is 87.1 cm³/mol. The highest BCUT2D eigenvalue weighted by Crippen LogP contribution is 2.09. The highest BCUT2D eigenvalue weighted by Gasteiger charge is 2.21. The van der Waals surface area contributed by atoms with E-state index in [1.54, 1.807) is 11.8 Å². The highest BCUT2D eigenvalue weighted by atomic mass is 16.3. The van der Waals surface area contributed by atoms with Gasteiger partial charge in [0.25, 0.3) is 0 Å². The molecule has 1 aliphatic heterocycles. The van der Waals surface area contributed by atoms with Crippen molar-refractivity contribution in [2.24, 2.45) is 0 Å². The third-order valence-corrected chi connectivity index (χ3v) is 3.82. The Morgan fingerprint density at radius 2 is 1.86 bits per heavy atom. The third-order valence-electron chi connectivity index (χ3n) is 3.82. The molecule has 0 aromatic heterocycles. The van der Waals surface area contributed by atoms with Crippen LogP contribution < -0.4 is 0 Å². The number of allylic oxidation sites excluding steroid dienone is 3. The molecule has 4 nitrogen and oxygen atoms in total. The van der Waals surface area contributed by atoms with Gasteiger partial charge in [-0.25, -0.2) is 0 Å². The van der Waals surface area contributed by atoms with Crippen LogP contribution in [0.1, 0.15) is 40.5 Å². The molecule has 4 heteroatoms. The first-order valence-electron chi connectivity index (χ1n) is 7.83. The predicted octanol–water partition coefficient (Wildman–Crippen LogP) is 2.20. The minimum absolute atomic E-state index is 0.0457. The molecule has 1 amide bonds. The zero-order valence-corrected chi connectivity index (χ0v) is 13.9. The molecule has 1 fully saturated rings. The lowest BCUT2D eigenvalue weighted by Gasteiger charge is -2.19. The number of amides is 1. The first kappa shape index (κ1) is 17.9. The number of rotatable bonds is 5. The first-order chi connectivity index (χ1) is 9.88. The van der Waals surface area contributed by atoms with E-state index in [0.29, 0.717) is 19.6 Å². The van der Waals surface area contributed by atoms with Gasteiger partial charge < -0.3 is 10.0 Å². The Hall–Kier alpha value is -1.13. The van der Waals surface area contributed by atoms with Gasteiger partial charge in [-0.1, -0.05) is 23.3 Å². The van der Waals surface area contributed by atoms with Crippen molar-refractivity contribution in [3.05, 3.63) is 23.3 Å². The summed E-state index contributed by atoms with van der Waals surface area (Å²) in [6, 6.07) is 0. The van der Waals surface area contributed by atoms with Crippen molar-refractivity contribution in [1.29, 1.82) is 0 Å². The summed E-state index contributed by atoms with van der Waals surface area (Å²) < 4.78 is 0. The van der Waals surface area contributed by atoms with Gasteiger partial charge in [-0.3, -0.25) is 9.69 Å². The zero-order chi connectivity index (χ0) is 15.8. The van der Waals surface area contributed by atoms with Gasteiger partial charge in [0.05, 0.1) is 6.10 Å². The van der Waals surface area contributed by atoms with E-state index < -0.39 is 6.10 Å². The number of aliphatic hydroxyl groups is 1. The largest absolute Gasteiger partial charge is 0.390 e. The normalized spacial score (nSPS) is 21.1. The Morgan fingerprint density at radius 3 is 2.48 bits per heavy atom. The van der Waals surface area contributed by atoms with E-state index in [2.05, 4.69) is 37.8 Å². The second-order valence-corrected chi connectivity index (χ2v) is 6.25. The highest BCUT2D eigenvalue weighted by molar-refractivity contribution is 5.73. The fraction of sp³-hybridized carbons (Fsp3) is 0.706. The van der Waals surface area contributed by atoms with Crippen LogP contribution in [0.15, 0.2) is 23.3 Å². The lowest BCUT2D eigenvalue weighted by Crippen LogP contribution is -2.36. The maximum atomic E-state index is 11.4. The quantitative estimate of drug-likeness (QED) is 0.791. The molecule has 21 heavy (non-hydrogen) atoms. The van der Waals surface area contributed by atoms with Crippen LogP contribution in [0.3, 0.4) is 0 Å². The number of hydrogen-bond donors (Lipinski definition) is 1. The van der Waals surface area contributed by atoms with Gasteiger partial charge in [0, 0.05) is 39.6 Å². The minimum atomic E-state index is -0.448. The number of hydrogen-bond acceptors (Lipinski definition) is 3. The maximum Gasteiger partial charge on any atom is 0.219 e. The Morgan fingerprint density at radius 1 is 1.14 bits per heavy atom. The molecule has 1 heterocycles. The Balaban J connectivity index is 2.43. The van der Waals surface area contributed by atoms with Gasteiger partial charge in [-0.15, -0.1) is 0 Å². The summed E-state index contributed by atoms with van der Waals surface area (Å²) >= 11 is 0. The van der Waals surface area contributed by atoms with Crippen molar-refractivity contribution in [1.82, 2.24) is 9.80 Å². The van der Waals surface area contributed by atoms with E-state index in [0.717, 1.165) is 25.9 Å². The smallest absolute Gasteiger partial charge is 0.219 e. The number of carbonyl (C=O) groups is 1. The molecule has 1 saturated heterocycles. The molecular formula is C17H30N2O2. The van der Waals surface area contributed by atoms with E-state index in [4.69, 9.17) is 0 Å². The second kappa shape index (κ2) is 9.00. The van der Waals surface area contributed by atoms with Crippen LogP contribution in [0.4, 0.5) is 0 Å². The molecule has 0 aromatic rings. The third kappa shape index (κ3) is 7.44. The summed E-state index contributed by atoms with van der Waals surface area (Å²) in [5, 5.41) is 9.98. The van der Waals surface area contributed by atoms with Crippen LogP contribution >= 0.6 is 0 Å². The average Bonchev–Trinajstić information content (AvgIpc) is 2.57. The monoisotopic (exact) mass is 294 g/mol. The standard InChI is InChI=1S/C17H30N2O2/c1-14(2)6-5-7-15(3)8-9-18-10-11-19(16(4)20)13-17(21)12-18/h6,8,17,21H,5,7,9-13H2,1-4H3/b15-8+. The van der Waals surface area contributed by atoms with E-state index in [1.807, 2.05) is 0 Å². The zero-order valence-electron chi connectivity index (χ0n) is 13.9. The molecule has 0 spiro atoms. The minimum Gasteiger partial charge on any atom is -0.390 e. The summed E-state index contributed by atoms with van der Waals surface area (Å²) in [4.78, 5) is 15.4. The molecule has 0 bridgehead atoms. The number of aliphatic hydroxyl groups excluding tert-OH is 1. The molecule has 120 valence electrons. The summed E-state index contributed by atoms with van der Waals surface area (Å²) in [5.74, 6) is 0.0457. The number of β-amino-alcohol motifs (C(OH)–C–C–N with tert-alkyl or cyclic N) is 1. The van der Waals surface area contributed by atoms with Crippen molar-refractivity contribution >= 4 is 5.91 Å². The molecule has 0 aliphatic carbocycles. The van der Waals surface area contributed by atoms with Gasteiger partial charge in [0.2, 0.25) is 5.91 Å². The molecule has 1 unspecified atom stereocenters. The van der Waals surface area contributed by atoms with E-state index in [9.17, 15) is 9.90 Å². The van der Waals surface area contributed by atoms with Gasteiger partial charge in [0.15, 0.2) is 0 Å². The molecule has 0 radical (unpaired) electrons. The van der Waals surface area contributed by atoms with Gasteiger partial charge in [-0.2, -0.15) is 0 Å². The van der Waals surface area contributed by atoms with E-state index in [-0.39, 0.29) is 5.91 Å². The van der Waals surface area contributed by atoms with Crippen molar-refractivity contribution in [2.45, 2.75) is 46.6 Å². The van der Waals surface area contributed by atoms with Gasteiger partial charge >= 0.3 is 0 Å². The molecule has 1 rings (SSSR count). The SMILES string of the molecule is CC(=O)N1CCN(C/C=C(\C)CCC=C(C)C)CC(O)C1. The molecule has 0 saturated carbocycles. The molecule has 0 aromatic carbocycles. The topological polar surface area (TPSA) is 43.8 Å².